The van der Waals surface area contributed by atoms with Gasteiger partial charge in [-0.3, -0.25) is 14.5 Å². The summed E-state index contributed by atoms with van der Waals surface area (Å²) in [4.78, 5) is 26.1. The maximum absolute atomic E-state index is 12.4. The first-order valence-electron chi connectivity index (χ1n) is 7.56. The normalized spacial score (nSPS) is 40.8. The Labute approximate surface area is 118 Å². The van der Waals surface area contributed by atoms with Crippen LogP contribution in [0.2, 0.25) is 0 Å². The standard InChI is InChI=1S/C15H20N2O3/c1-2-10-5-7-15(9-16,8-6-10)17-13(18)11-3-4-12(20-11)14(17)19/h10-12H,2-8H2,1H3. The molecular weight excluding hydrogens is 256 g/mol. The Morgan fingerprint density at radius 3 is 2.20 bits per heavy atom. The molecule has 2 aliphatic heterocycles. The van der Waals surface area contributed by atoms with E-state index in [2.05, 4.69) is 13.0 Å². The van der Waals surface area contributed by atoms with Crippen LogP contribution in [0.25, 0.3) is 0 Å². The largest absolute Gasteiger partial charge is 0.355 e. The third kappa shape index (κ3) is 1.86. The molecule has 1 aliphatic carbocycles. The molecule has 0 radical (unpaired) electrons. The van der Waals surface area contributed by atoms with Crippen molar-refractivity contribution in [3.05, 3.63) is 0 Å². The molecule has 0 spiro atoms. The lowest BCUT2D eigenvalue weighted by Gasteiger charge is -2.44. The van der Waals surface area contributed by atoms with E-state index in [0.717, 1.165) is 19.3 Å². The molecular formula is C15H20N2O3. The quantitative estimate of drug-likeness (QED) is 0.721. The molecule has 0 N–H and O–H groups in total. The lowest BCUT2D eigenvalue weighted by molar-refractivity contribution is -0.175. The SMILES string of the molecule is CCC1CCC(C#N)(N2C(=O)C3CCC(O3)C2=O)CC1. The van der Waals surface area contributed by atoms with Gasteiger partial charge in [0.1, 0.15) is 17.7 Å². The van der Waals surface area contributed by atoms with E-state index < -0.39 is 17.7 Å². The zero-order chi connectivity index (χ0) is 14.3. The lowest BCUT2D eigenvalue weighted by atomic mass is 9.75. The van der Waals surface area contributed by atoms with Crippen LogP contribution in [0.5, 0.6) is 0 Å². The highest BCUT2D eigenvalue weighted by Crippen LogP contribution is 2.41. The fraction of sp³-hybridized carbons (Fsp3) is 0.800. The zero-order valence-electron chi connectivity index (χ0n) is 11.8. The summed E-state index contributed by atoms with van der Waals surface area (Å²) < 4.78 is 5.42. The molecule has 2 amide bonds. The van der Waals surface area contributed by atoms with Gasteiger partial charge in [-0.05, 0) is 44.4 Å². The van der Waals surface area contributed by atoms with Crippen molar-refractivity contribution in [2.45, 2.75) is 69.6 Å². The molecule has 5 nitrogen and oxygen atoms in total. The van der Waals surface area contributed by atoms with Gasteiger partial charge in [0.15, 0.2) is 0 Å². The summed E-state index contributed by atoms with van der Waals surface area (Å²) in [6, 6.07) is 2.29. The molecule has 5 heteroatoms. The van der Waals surface area contributed by atoms with E-state index in [0.29, 0.717) is 31.6 Å². The van der Waals surface area contributed by atoms with Crippen molar-refractivity contribution < 1.29 is 14.3 Å². The van der Waals surface area contributed by atoms with Crippen LogP contribution in [0, 0.1) is 17.2 Å². The minimum absolute atomic E-state index is 0.291. The third-order valence-corrected chi connectivity index (χ3v) is 5.16. The fourth-order valence-corrected chi connectivity index (χ4v) is 3.77. The minimum atomic E-state index is -0.926. The smallest absolute Gasteiger partial charge is 0.259 e. The van der Waals surface area contributed by atoms with Gasteiger partial charge in [-0.1, -0.05) is 13.3 Å². The van der Waals surface area contributed by atoms with Crippen LogP contribution in [-0.2, 0) is 14.3 Å². The van der Waals surface area contributed by atoms with Crippen molar-refractivity contribution in [2.75, 3.05) is 0 Å². The highest BCUT2D eigenvalue weighted by Gasteiger charge is 2.55. The third-order valence-electron chi connectivity index (χ3n) is 5.16. The Hall–Kier alpha value is -1.41. The van der Waals surface area contributed by atoms with E-state index in [4.69, 9.17) is 4.74 Å². The number of carbonyl (C=O) groups is 2. The second-order valence-electron chi connectivity index (χ2n) is 6.20. The van der Waals surface area contributed by atoms with Crippen molar-refractivity contribution in [1.29, 1.82) is 5.26 Å². The van der Waals surface area contributed by atoms with E-state index >= 15 is 0 Å². The first-order valence-corrected chi connectivity index (χ1v) is 7.56. The summed E-state index contributed by atoms with van der Waals surface area (Å²) in [7, 11) is 0. The van der Waals surface area contributed by atoms with Crippen molar-refractivity contribution in [1.82, 2.24) is 4.90 Å². The van der Waals surface area contributed by atoms with Gasteiger partial charge in [0.2, 0.25) is 0 Å². The van der Waals surface area contributed by atoms with Gasteiger partial charge in [0.05, 0.1) is 6.07 Å². The van der Waals surface area contributed by atoms with Crippen molar-refractivity contribution >= 4 is 11.8 Å². The minimum Gasteiger partial charge on any atom is -0.355 e. The molecule has 3 rings (SSSR count). The first-order chi connectivity index (χ1) is 9.61. The van der Waals surface area contributed by atoms with Gasteiger partial charge >= 0.3 is 0 Å². The van der Waals surface area contributed by atoms with Crippen molar-refractivity contribution in [3.63, 3.8) is 0 Å². The number of rotatable bonds is 2. The number of hydrogen-bond donors (Lipinski definition) is 0. The van der Waals surface area contributed by atoms with Crippen molar-refractivity contribution in [3.8, 4) is 6.07 Å². The van der Waals surface area contributed by atoms with Gasteiger partial charge in [-0.15, -0.1) is 0 Å². The number of ether oxygens (including phenoxy) is 1. The van der Waals surface area contributed by atoms with Crippen LogP contribution in [0.4, 0.5) is 0 Å². The Morgan fingerprint density at radius 2 is 1.75 bits per heavy atom. The maximum Gasteiger partial charge on any atom is 0.259 e. The molecule has 2 bridgehead atoms. The van der Waals surface area contributed by atoms with Crippen molar-refractivity contribution in [2.24, 2.45) is 5.92 Å². The molecule has 0 aromatic rings. The molecule has 2 unspecified atom stereocenters. The number of imide groups is 1. The number of amides is 2. The fourth-order valence-electron chi connectivity index (χ4n) is 3.77. The molecule has 2 heterocycles. The molecule has 2 atom stereocenters. The van der Waals surface area contributed by atoms with Gasteiger partial charge in [-0.2, -0.15) is 5.26 Å². The molecule has 20 heavy (non-hydrogen) atoms. The van der Waals surface area contributed by atoms with E-state index in [1.165, 1.54) is 4.90 Å². The molecule has 3 aliphatic rings. The van der Waals surface area contributed by atoms with Gasteiger partial charge < -0.3 is 4.74 Å². The summed E-state index contributed by atoms with van der Waals surface area (Å²) in [5.74, 6) is 0.0277. The lowest BCUT2D eigenvalue weighted by Crippen LogP contribution is -2.62. The van der Waals surface area contributed by atoms with Crippen LogP contribution in [0.3, 0.4) is 0 Å². The van der Waals surface area contributed by atoms with Gasteiger partial charge in [0, 0.05) is 0 Å². The summed E-state index contributed by atoms with van der Waals surface area (Å²) >= 11 is 0. The summed E-state index contributed by atoms with van der Waals surface area (Å²) in [6.07, 6.45) is 4.33. The van der Waals surface area contributed by atoms with Crippen LogP contribution in [0.1, 0.15) is 51.9 Å². The average molecular weight is 276 g/mol. The number of morpholine rings is 1. The number of nitriles is 1. The predicted octanol–water partition coefficient (Wildman–Crippen LogP) is 1.77. The van der Waals surface area contributed by atoms with Crippen LogP contribution < -0.4 is 0 Å². The zero-order valence-corrected chi connectivity index (χ0v) is 11.8. The van der Waals surface area contributed by atoms with Gasteiger partial charge in [0.25, 0.3) is 11.8 Å². The maximum atomic E-state index is 12.4. The molecule has 0 aromatic heterocycles. The monoisotopic (exact) mass is 276 g/mol. The number of nitrogens with zero attached hydrogens (tertiary/aromatic N) is 2. The Kier molecular flexibility index (Phi) is 3.29. The highest BCUT2D eigenvalue weighted by atomic mass is 16.5. The highest BCUT2D eigenvalue weighted by molar-refractivity contribution is 6.03. The van der Waals surface area contributed by atoms with E-state index in [9.17, 15) is 14.9 Å². The molecule has 2 saturated heterocycles. The second kappa shape index (κ2) is 4.85. The molecule has 108 valence electrons. The number of likely N-dealkylation sites (tertiary alicyclic amines) is 1. The Bertz CT molecular complexity index is 452. The average Bonchev–Trinajstić information content (AvgIpc) is 2.93. The molecule has 1 saturated carbocycles. The summed E-state index contributed by atoms with van der Waals surface area (Å²) in [6.45, 7) is 2.15. The molecule has 0 aromatic carbocycles. The summed E-state index contributed by atoms with van der Waals surface area (Å²) in [5.41, 5.74) is -0.926. The summed E-state index contributed by atoms with van der Waals surface area (Å²) in [5, 5.41) is 9.64. The van der Waals surface area contributed by atoms with Crippen LogP contribution in [0.15, 0.2) is 0 Å². The van der Waals surface area contributed by atoms with E-state index in [1.807, 2.05) is 0 Å². The number of fused-ring (bicyclic) bond motifs is 2. The van der Waals surface area contributed by atoms with E-state index in [-0.39, 0.29) is 11.8 Å². The molecule has 3 fully saturated rings. The van der Waals surface area contributed by atoms with Crippen LogP contribution in [-0.4, -0.2) is 34.5 Å². The number of carbonyl (C=O) groups excluding carboxylic acids is 2. The number of hydrogen-bond acceptors (Lipinski definition) is 4. The van der Waals surface area contributed by atoms with Crippen LogP contribution >= 0.6 is 0 Å². The van der Waals surface area contributed by atoms with E-state index in [1.54, 1.807) is 0 Å². The first kappa shape index (κ1) is 13.6. The second-order valence-corrected chi connectivity index (χ2v) is 6.20. The Morgan fingerprint density at radius 1 is 1.20 bits per heavy atom. The van der Waals surface area contributed by atoms with Gasteiger partial charge in [-0.25, -0.2) is 0 Å². The topological polar surface area (TPSA) is 70.4 Å². The predicted molar refractivity (Wildman–Crippen MR) is 70.3 cm³/mol. The Balaban J connectivity index is 1.88.